The third-order valence-electron chi connectivity index (χ3n) is 5.09. The van der Waals surface area contributed by atoms with Crippen molar-refractivity contribution < 1.29 is 22.7 Å². The average molecular weight is 557 g/mol. The first-order valence-corrected chi connectivity index (χ1v) is 11.9. The number of ether oxygens (including phenoxy) is 1. The molecule has 0 aromatic heterocycles. The van der Waals surface area contributed by atoms with Crippen LogP contribution >= 0.6 is 24.0 Å². The predicted octanol–water partition coefficient (Wildman–Crippen LogP) is 0.178. The number of aliphatic imine (C=N–C) groups is 1. The number of halogens is 1. The quantitative estimate of drug-likeness (QED) is 0.474. The lowest BCUT2D eigenvalue weighted by atomic mass is 10.2. The van der Waals surface area contributed by atoms with Gasteiger partial charge in [0, 0.05) is 38.6 Å². The van der Waals surface area contributed by atoms with Gasteiger partial charge in [-0.1, -0.05) is 0 Å². The molecule has 0 aromatic carbocycles. The van der Waals surface area contributed by atoms with E-state index in [1.54, 1.807) is 4.90 Å². The maximum Gasteiger partial charge on any atom is 0.410 e. The fourth-order valence-electron chi connectivity index (χ4n) is 3.72. The second kappa shape index (κ2) is 9.88. The molecule has 0 radical (unpaired) electrons. The number of nitrogens with zero attached hydrogens (tertiary/aromatic N) is 3. The van der Waals surface area contributed by atoms with Gasteiger partial charge in [0.2, 0.25) is 5.91 Å². The largest absolute Gasteiger partial charge is 0.444 e. The zero-order chi connectivity index (χ0) is 21.2. The Hall–Kier alpha value is -1.31. The molecular formula is C18H32IN5O5S. The van der Waals surface area contributed by atoms with E-state index < -0.39 is 15.4 Å². The molecule has 0 aliphatic carbocycles. The zero-order valence-electron chi connectivity index (χ0n) is 17.7. The number of amides is 2. The van der Waals surface area contributed by atoms with Crippen molar-refractivity contribution in [2.24, 2.45) is 4.99 Å². The molecule has 3 aliphatic rings. The van der Waals surface area contributed by atoms with Crippen LogP contribution in [0.4, 0.5) is 4.79 Å². The maximum absolute atomic E-state index is 12.3. The number of fused-ring (bicyclic) bond motifs is 1. The fraction of sp³-hybridized carbons (Fsp3) is 0.833. The summed E-state index contributed by atoms with van der Waals surface area (Å²) in [4.78, 5) is 32.7. The van der Waals surface area contributed by atoms with Gasteiger partial charge in [-0.25, -0.2) is 13.2 Å². The minimum Gasteiger partial charge on any atom is -0.444 e. The number of sulfone groups is 1. The lowest BCUT2D eigenvalue weighted by Gasteiger charge is -2.39. The van der Waals surface area contributed by atoms with Crippen molar-refractivity contribution in [3.63, 3.8) is 0 Å². The molecule has 2 fully saturated rings. The summed E-state index contributed by atoms with van der Waals surface area (Å²) in [7, 11) is -3.00. The van der Waals surface area contributed by atoms with E-state index in [2.05, 4.69) is 20.5 Å². The Morgan fingerprint density at radius 1 is 1.27 bits per heavy atom. The Bertz CT molecular complexity index is 782. The molecule has 0 saturated carbocycles. The van der Waals surface area contributed by atoms with Crippen LogP contribution in [0.2, 0.25) is 0 Å². The van der Waals surface area contributed by atoms with Gasteiger partial charge in [-0.15, -0.1) is 24.0 Å². The third-order valence-corrected chi connectivity index (χ3v) is 6.86. The van der Waals surface area contributed by atoms with E-state index >= 15 is 0 Å². The first-order chi connectivity index (χ1) is 13.5. The molecule has 3 heterocycles. The van der Waals surface area contributed by atoms with Gasteiger partial charge >= 0.3 is 6.09 Å². The van der Waals surface area contributed by atoms with Crippen LogP contribution in [0.1, 0.15) is 33.6 Å². The van der Waals surface area contributed by atoms with Gasteiger partial charge in [0.05, 0.1) is 24.1 Å². The Labute approximate surface area is 195 Å². The molecule has 2 amide bonds. The standard InChI is InChI=1S/C18H31N5O5S.HI/c1-18(2,3)28-17(25)22-7-8-23-14(11-22)10-20-16(23)19-6-4-15(24)21-13-5-9-29(26,27)12-13;/h13-14H,4-12H2,1-3H3,(H,19,20)(H,21,24);1H. The van der Waals surface area contributed by atoms with E-state index in [4.69, 9.17) is 4.74 Å². The van der Waals surface area contributed by atoms with Crippen LogP contribution in [0.15, 0.2) is 4.99 Å². The molecule has 12 heteroatoms. The summed E-state index contributed by atoms with van der Waals surface area (Å²) in [6, 6.07) is -0.169. The van der Waals surface area contributed by atoms with Crippen LogP contribution in [0.3, 0.4) is 0 Å². The first kappa shape index (κ1) is 25.0. The van der Waals surface area contributed by atoms with Crippen LogP contribution in [0, 0.1) is 0 Å². The number of guanidine groups is 1. The molecule has 0 spiro atoms. The molecule has 30 heavy (non-hydrogen) atoms. The highest BCUT2D eigenvalue weighted by atomic mass is 127. The Kier molecular flexibility index (Phi) is 8.22. The summed E-state index contributed by atoms with van der Waals surface area (Å²) in [6.07, 6.45) is 0.430. The van der Waals surface area contributed by atoms with Crippen molar-refractivity contribution in [2.75, 3.05) is 44.2 Å². The van der Waals surface area contributed by atoms with Crippen molar-refractivity contribution in [1.29, 1.82) is 0 Å². The van der Waals surface area contributed by atoms with E-state index in [1.807, 2.05) is 20.8 Å². The third kappa shape index (κ3) is 6.86. The second-order valence-corrected chi connectivity index (χ2v) is 11.0. The molecule has 10 nitrogen and oxygen atoms in total. The molecule has 3 rings (SSSR count). The van der Waals surface area contributed by atoms with Crippen molar-refractivity contribution in [3.8, 4) is 0 Å². The van der Waals surface area contributed by atoms with E-state index in [9.17, 15) is 18.0 Å². The molecule has 3 aliphatic heterocycles. The summed E-state index contributed by atoms with van der Waals surface area (Å²) >= 11 is 0. The van der Waals surface area contributed by atoms with Gasteiger partial charge in [0.15, 0.2) is 15.8 Å². The highest BCUT2D eigenvalue weighted by molar-refractivity contribution is 14.0. The highest BCUT2D eigenvalue weighted by Crippen LogP contribution is 2.18. The summed E-state index contributed by atoms with van der Waals surface area (Å²) in [5.41, 5.74) is -0.517. The molecule has 2 saturated heterocycles. The number of hydrogen-bond acceptors (Lipinski definition) is 8. The SMILES string of the molecule is CC(C)(C)OC(=O)N1CCN2C(NCCC(=O)NC3CCS(=O)(=O)C3)=NCC2C1.I. The first-order valence-electron chi connectivity index (χ1n) is 10.0. The van der Waals surface area contributed by atoms with Crippen molar-refractivity contribution in [2.45, 2.75) is 51.3 Å². The number of nitrogens with one attached hydrogen (secondary N) is 2. The van der Waals surface area contributed by atoms with Gasteiger partial charge in [-0.3, -0.25) is 9.79 Å². The smallest absolute Gasteiger partial charge is 0.410 e. The lowest BCUT2D eigenvalue weighted by molar-refractivity contribution is -0.121. The average Bonchev–Trinajstić information content (AvgIpc) is 3.15. The topological polar surface area (TPSA) is 120 Å². The zero-order valence-corrected chi connectivity index (χ0v) is 20.9. The molecule has 0 aromatic rings. The van der Waals surface area contributed by atoms with E-state index in [0.29, 0.717) is 39.1 Å². The molecule has 172 valence electrons. The lowest BCUT2D eigenvalue weighted by Crippen LogP contribution is -2.57. The highest BCUT2D eigenvalue weighted by Gasteiger charge is 2.36. The van der Waals surface area contributed by atoms with Gasteiger partial charge in [0.25, 0.3) is 0 Å². The Morgan fingerprint density at radius 3 is 2.63 bits per heavy atom. The summed E-state index contributed by atoms with van der Waals surface area (Å²) in [5.74, 6) is 0.756. The van der Waals surface area contributed by atoms with Gasteiger partial charge in [0.1, 0.15) is 5.60 Å². The molecule has 0 bridgehead atoms. The predicted molar refractivity (Wildman–Crippen MR) is 124 cm³/mol. The minimum absolute atomic E-state index is 0. The number of rotatable bonds is 4. The minimum atomic E-state index is -3.00. The molecule has 2 unspecified atom stereocenters. The molecule has 2 N–H and O–H groups in total. The van der Waals surface area contributed by atoms with Crippen LogP contribution < -0.4 is 10.6 Å². The van der Waals surface area contributed by atoms with Gasteiger partial charge in [-0.2, -0.15) is 0 Å². The maximum atomic E-state index is 12.3. The number of carbonyl (C=O) groups is 2. The second-order valence-electron chi connectivity index (χ2n) is 8.78. The Morgan fingerprint density at radius 2 is 2.00 bits per heavy atom. The van der Waals surface area contributed by atoms with Crippen LogP contribution in [0.5, 0.6) is 0 Å². The number of hydrogen-bond donors (Lipinski definition) is 2. The van der Waals surface area contributed by atoms with E-state index in [1.165, 1.54) is 0 Å². The van der Waals surface area contributed by atoms with E-state index in [-0.39, 0.29) is 66.0 Å². The molecule has 2 atom stereocenters. The monoisotopic (exact) mass is 557 g/mol. The summed E-state index contributed by atoms with van der Waals surface area (Å²) in [5, 5.41) is 5.98. The van der Waals surface area contributed by atoms with Gasteiger partial charge in [-0.05, 0) is 27.2 Å². The van der Waals surface area contributed by atoms with Crippen molar-refractivity contribution >= 4 is 51.8 Å². The Balaban J connectivity index is 0.00000320. The number of carbonyl (C=O) groups excluding carboxylic acids is 2. The van der Waals surface area contributed by atoms with Crippen LogP contribution in [0.25, 0.3) is 0 Å². The molecular weight excluding hydrogens is 525 g/mol. The normalized spacial score (nSPS) is 25.1. The van der Waals surface area contributed by atoms with E-state index in [0.717, 1.165) is 5.96 Å². The van der Waals surface area contributed by atoms with Crippen molar-refractivity contribution in [3.05, 3.63) is 0 Å². The van der Waals surface area contributed by atoms with Gasteiger partial charge < -0.3 is 25.2 Å². The summed E-state index contributed by atoms with van der Waals surface area (Å²) < 4.78 is 28.4. The number of piperazine rings is 1. The van der Waals surface area contributed by atoms with Crippen molar-refractivity contribution in [1.82, 2.24) is 20.4 Å². The van der Waals surface area contributed by atoms with Crippen LogP contribution in [-0.2, 0) is 19.4 Å². The fourth-order valence-corrected chi connectivity index (χ4v) is 5.39. The summed E-state index contributed by atoms with van der Waals surface area (Å²) in [6.45, 7) is 8.33. The van der Waals surface area contributed by atoms with Crippen LogP contribution in [-0.4, -0.2) is 98.1 Å².